The lowest BCUT2D eigenvalue weighted by Crippen LogP contribution is -1.90. The highest BCUT2D eigenvalue weighted by Gasteiger charge is 2.15. The van der Waals surface area contributed by atoms with Gasteiger partial charge in [-0.3, -0.25) is 9.97 Å². The standard InChI is InChI=1S/C19H11N5S2/c1-2-8-21-14(5-1)17-13-6-9-25-16(13)10-15(22-17)19-24-23-18(26-19)12-4-3-7-20-11-12/h1-11H. The molecule has 0 radical (unpaired) electrons. The molecule has 5 nitrogen and oxygen atoms in total. The molecule has 0 aliphatic carbocycles. The summed E-state index contributed by atoms with van der Waals surface area (Å²) < 4.78 is 1.16. The molecule has 124 valence electrons. The van der Waals surface area contributed by atoms with Gasteiger partial charge in [0.05, 0.1) is 11.4 Å². The molecule has 0 atom stereocenters. The van der Waals surface area contributed by atoms with Crippen LogP contribution in [0.15, 0.2) is 66.4 Å². The average molecular weight is 373 g/mol. The lowest BCUT2D eigenvalue weighted by atomic mass is 10.1. The Balaban J connectivity index is 1.65. The first-order valence-electron chi connectivity index (χ1n) is 7.92. The molecule has 5 rings (SSSR count). The third-order valence-electron chi connectivity index (χ3n) is 3.91. The van der Waals surface area contributed by atoms with Crippen LogP contribution in [0.3, 0.4) is 0 Å². The molecule has 5 aromatic rings. The molecule has 0 saturated heterocycles. The van der Waals surface area contributed by atoms with Gasteiger partial charge in [0, 0.05) is 34.2 Å². The van der Waals surface area contributed by atoms with Crippen molar-refractivity contribution < 1.29 is 0 Å². The van der Waals surface area contributed by atoms with Crippen molar-refractivity contribution in [2.75, 3.05) is 0 Å². The molecule has 0 aliphatic rings. The molecular formula is C19H11N5S2. The molecule has 7 heteroatoms. The molecule has 0 fully saturated rings. The zero-order chi connectivity index (χ0) is 17.3. The van der Waals surface area contributed by atoms with Gasteiger partial charge in [-0.25, -0.2) is 4.98 Å². The maximum absolute atomic E-state index is 4.86. The van der Waals surface area contributed by atoms with Crippen LogP contribution in [0, 0.1) is 0 Å². The summed E-state index contributed by atoms with van der Waals surface area (Å²) in [6, 6.07) is 13.9. The minimum absolute atomic E-state index is 0.788. The summed E-state index contributed by atoms with van der Waals surface area (Å²) in [6.45, 7) is 0. The second-order valence-corrected chi connectivity index (χ2v) is 7.48. The summed E-state index contributed by atoms with van der Waals surface area (Å²) in [5.74, 6) is 0. The monoisotopic (exact) mass is 373 g/mol. The van der Waals surface area contributed by atoms with E-state index in [0.29, 0.717) is 0 Å². The molecule has 0 N–H and O–H groups in total. The topological polar surface area (TPSA) is 64.5 Å². The predicted molar refractivity (Wildman–Crippen MR) is 105 cm³/mol. The Morgan fingerprint density at radius 3 is 2.65 bits per heavy atom. The van der Waals surface area contributed by atoms with E-state index in [0.717, 1.165) is 42.7 Å². The van der Waals surface area contributed by atoms with Crippen LogP contribution in [-0.4, -0.2) is 25.1 Å². The second kappa shape index (κ2) is 6.36. The number of aromatic nitrogens is 5. The molecule has 0 aliphatic heterocycles. The summed E-state index contributed by atoms with van der Waals surface area (Å²) in [7, 11) is 0. The van der Waals surface area contributed by atoms with Gasteiger partial charge < -0.3 is 0 Å². The van der Waals surface area contributed by atoms with Crippen LogP contribution in [0.1, 0.15) is 0 Å². The smallest absolute Gasteiger partial charge is 0.166 e. The average Bonchev–Trinajstić information content (AvgIpc) is 3.38. The molecule has 5 heterocycles. The van der Waals surface area contributed by atoms with Crippen LogP contribution in [0.2, 0.25) is 0 Å². The Kier molecular flexibility index (Phi) is 3.73. The molecule has 0 bridgehead atoms. The van der Waals surface area contributed by atoms with Gasteiger partial charge in [-0.15, -0.1) is 21.5 Å². The minimum atomic E-state index is 0.788. The van der Waals surface area contributed by atoms with Gasteiger partial charge >= 0.3 is 0 Å². The van der Waals surface area contributed by atoms with Crippen LogP contribution >= 0.6 is 22.7 Å². The highest BCUT2D eigenvalue weighted by atomic mass is 32.1. The van der Waals surface area contributed by atoms with Crippen LogP contribution in [0.25, 0.3) is 42.7 Å². The number of nitrogens with zero attached hydrogens (tertiary/aromatic N) is 5. The molecule has 0 saturated carbocycles. The highest BCUT2D eigenvalue weighted by Crippen LogP contribution is 2.35. The third-order valence-corrected chi connectivity index (χ3v) is 5.77. The van der Waals surface area contributed by atoms with Gasteiger partial charge in [-0.2, -0.15) is 0 Å². The Hall–Kier alpha value is -3.03. The van der Waals surface area contributed by atoms with E-state index in [1.807, 2.05) is 30.3 Å². The first-order chi connectivity index (χ1) is 12.9. The van der Waals surface area contributed by atoms with Crippen molar-refractivity contribution in [1.29, 1.82) is 0 Å². The number of pyridine rings is 3. The van der Waals surface area contributed by atoms with Crippen molar-refractivity contribution in [1.82, 2.24) is 25.1 Å². The molecular weight excluding hydrogens is 362 g/mol. The number of hydrogen-bond donors (Lipinski definition) is 0. The predicted octanol–water partition coefficient (Wildman–Crippen LogP) is 4.94. The first-order valence-corrected chi connectivity index (χ1v) is 9.62. The molecule has 26 heavy (non-hydrogen) atoms. The maximum Gasteiger partial charge on any atom is 0.166 e. The quantitative estimate of drug-likeness (QED) is 0.448. The minimum Gasteiger partial charge on any atom is -0.264 e. The molecule has 0 aromatic carbocycles. The fraction of sp³-hybridized carbons (Fsp3) is 0. The lowest BCUT2D eigenvalue weighted by molar-refractivity contribution is 1.09. The Morgan fingerprint density at radius 1 is 0.846 bits per heavy atom. The second-order valence-electron chi connectivity index (χ2n) is 5.56. The fourth-order valence-corrected chi connectivity index (χ4v) is 4.32. The van der Waals surface area contributed by atoms with Crippen molar-refractivity contribution in [2.24, 2.45) is 0 Å². The van der Waals surface area contributed by atoms with E-state index in [2.05, 4.69) is 37.7 Å². The van der Waals surface area contributed by atoms with E-state index in [4.69, 9.17) is 4.98 Å². The summed E-state index contributed by atoms with van der Waals surface area (Å²) in [5, 5.41) is 13.5. The third kappa shape index (κ3) is 2.67. The van der Waals surface area contributed by atoms with Gasteiger partial charge in [0.15, 0.2) is 5.01 Å². The normalized spacial score (nSPS) is 11.1. The van der Waals surface area contributed by atoms with Crippen LogP contribution in [-0.2, 0) is 0 Å². The summed E-state index contributed by atoms with van der Waals surface area (Å²) in [4.78, 5) is 13.5. The maximum atomic E-state index is 4.86. The van der Waals surface area contributed by atoms with E-state index < -0.39 is 0 Å². The Morgan fingerprint density at radius 2 is 1.81 bits per heavy atom. The van der Waals surface area contributed by atoms with Crippen molar-refractivity contribution in [3.05, 3.63) is 66.4 Å². The largest absolute Gasteiger partial charge is 0.264 e. The van der Waals surface area contributed by atoms with Gasteiger partial charge in [0.1, 0.15) is 10.7 Å². The van der Waals surface area contributed by atoms with Crippen LogP contribution in [0.4, 0.5) is 0 Å². The summed E-state index contributed by atoms with van der Waals surface area (Å²) in [5.41, 5.74) is 3.50. The Labute approximate surface area is 157 Å². The Bertz CT molecular complexity index is 1180. The summed E-state index contributed by atoms with van der Waals surface area (Å²) in [6.07, 6.45) is 5.32. The van der Waals surface area contributed by atoms with Crippen molar-refractivity contribution in [3.8, 4) is 32.7 Å². The van der Waals surface area contributed by atoms with Crippen molar-refractivity contribution in [3.63, 3.8) is 0 Å². The van der Waals surface area contributed by atoms with Gasteiger partial charge in [-0.05, 0) is 41.8 Å². The van der Waals surface area contributed by atoms with E-state index in [1.165, 1.54) is 11.3 Å². The fourth-order valence-electron chi connectivity index (χ4n) is 2.71. The SMILES string of the molecule is c1ccc(-c2nc(-c3nnc(-c4cccnc4)s3)cc3sccc23)nc1. The van der Waals surface area contributed by atoms with E-state index in [9.17, 15) is 0 Å². The van der Waals surface area contributed by atoms with E-state index >= 15 is 0 Å². The number of fused-ring (bicyclic) bond motifs is 1. The van der Waals surface area contributed by atoms with Gasteiger partial charge in [0.25, 0.3) is 0 Å². The number of rotatable bonds is 3. The van der Waals surface area contributed by atoms with E-state index in [-0.39, 0.29) is 0 Å². The lowest BCUT2D eigenvalue weighted by Gasteiger charge is -2.04. The number of thiophene rings is 1. The van der Waals surface area contributed by atoms with Crippen molar-refractivity contribution in [2.45, 2.75) is 0 Å². The molecule has 5 aromatic heterocycles. The zero-order valence-electron chi connectivity index (χ0n) is 13.4. The molecule has 0 unspecified atom stereocenters. The zero-order valence-corrected chi connectivity index (χ0v) is 15.0. The van der Waals surface area contributed by atoms with Crippen LogP contribution < -0.4 is 0 Å². The first kappa shape index (κ1) is 15.2. The van der Waals surface area contributed by atoms with Crippen LogP contribution in [0.5, 0.6) is 0 Å². The molecule has 0 spiro atoms. The van der Waals surface area contributed by atoms with E-state index in [1.54, 1.807) is 29.9 Å². The number of hydrogen-bond acceptors (Lipinski definition) is 7. The van der Waals surface area contributed by atoms with Crippen molar-refractivity contribution >= 4 is 32.8 Å². The molecule has 0 amide bonds. The van der Waals surface area contributed by atoms with Gasteiger partial charge in [0.2, 0.25) is 0 Å². The summed E-state index contributed by atoms with van der Waals surface area (Å²) >= 11 is 3.20. The highest BCUT2D eigenvalue weighted by molar-refractivity contribution is 7.18. The van der Waals surface area contributed by atoms with Gasteiger partial charge in [-0.1, -0.05) is 17.4 Å².